The Kier molecular flexibility index (Phi) is 4.46. The van der Waals surface area contributed by atoms with Crippen molar-refractivity contribution in [3.63, 3.8) is 0 Å². The van der Waals surface area contributed by atoms with Gasteiger partial charge in [-0.3, -0.25) is 0 Å². The molecule has 0 heterocycles. The first-order chi connectivity index (χ1) is 8.93. The first-order valence-electron chi connectivity index (χ1n) is 5.19. The second-order valence-electron chi connectivity index (χ2n) is 3.81. The summed E-state index contributed by atoms with van der Waals surface area (Å²) in [7, 11) is 0. The Balaban J connectivity index is 2.53. The highest BCUT2D eigenvalue weighted by Crippen LogP contribution is 2.34. The molecule has 19 heavy (non-hydrogen) atoms. The van der Waals surface area contributed by atoms with Crippen LogP contribution in [0.1, 0.15) is 17.2 Å². The first kappa shape index (κ1) is 14.7. The van der Waals surface area contributed by atoms with Gasteiger partial charge >= 0.3 is 0 Å². The third kappa shape index (κ3) is 2.77. The van der Waals surface area contributed by atoms with Gasteiger partial charge in [0.1, 0.15) is 17.7 Å². The molecule has 2 aromatic rings. The van der Waals surface area contributed by atoms with Crippen molar-refractivity contribution in [3.8, 4) is 0 Å². The van der Waals surface area contributed by atoms with Crippen molar-refractivity contribution in [3.05, 3.63) is 67.6 Å². The van der Waals surface area contributed by atoms with Crippen molar-refractivity contribution in [2.24, 2.45) is 0 Å². The van der Waals surface area contributed by atoms with E-state index in [0.29, 0.717) is 4.47 Å². The number of halogens is 5. The molecule has 0 radical (unpaired) electrons. The van der Waals surface area contributed by atoms with Gasteiger partial charge in [0.05, 0.1) is 10.0 Å². The van der Waals surface area contributed by atoms with Gasteiger partial charge < -0.3 is 5.11 Å². The van der Waals surface area contributed by atoms with E-state index in [-0.39, 0.29) is 21.2 Å². The largest absolute Gasteiger partial charge is 0.383 e. The van der Waals surface area contributed by atoms with E-state index in [1.807, 2.05) is 0 Å². The van der Waals surface area contributed by atoms with Crippen LogP contribution in [0.2, 0.25) is 10.0 Å². The van der Waals surface area contributed by atoms with Gasteiger partial charge in [-0.25, -0.2) is 8.78 Å². The molecule has 6 heteroatoms. The second kappa shape index (κ2) is 5.75. The van der Waals surface area contributed by atoms with Crippen molar-refractivity contribution in [1.29, 1.82) is 0 Å². The summed E-state index contributed by atoms with van der Waals surface area (Å²) in [5, 5.41) is 9.77. The minimum Gasteiger partial charge on any atom is -0.383 e. The molecule has 0 fully saturated rings. The average Bonchev–Trinajstić information content (AvgIpc) is 2.39. The lowest BCUT2D eigenvalue weighted by Crippen LogP contribution is -2.06. The normalized spacial score (nSPS) is 12.5. The fraction of sp³-hybridized carbons (Fsp3) is 0.0769. The van der Waals surface area contributed by atoms with Crippen molar-refractivity contribution in [1.82, 2.24) is 0 Å². The molecule has 1 nitrogen and oxygen atoms in total. The van der Waals surface area contributed by atoms with Crippen LogP contribution < -0.4 is 0 Å². The van der Waals surface area contributed by atoms with Crippen molar-refractivity contribution in [2.75, 3.05) is 0 Å². The fourth-order valence-electron chi connectivity index (χ4n) is 1.65. The number of benzene rings is 2. The maximum Gasteiger partial charge on any atom is 0.149 e. The average molecular weight is 368 g/mol. The van der Waals surface area contributed by atoms with Crippen LogP contribution in [-0.4, -0.2) is 5.11 Å². The molecule has 0 aliphatic heterocycles. The summed E-state index contributed by atoms with van der Waals surface area (Å²) >= 11 is 14.4. The number of hydrogen-bond acceptors (Lipinski definition) is 1. The highest BCUT2D eigenvalue weighted by molar-refractivity contribution is 9.10. The minimum absolute atomic E-state index is 0.107. The van der Waals surface area contributed by atoms with Crippen molar-refractivity contribution in [2.45, 2.75) is 6.10 Å². The molecule has 2 rings (SSSR count). The number of rotatable bonds is 2. The van der Waals surface area contributed by atoms with E-state index in [2.05, 4.69) is 15.9 Å². The van der Waals surface area contributed by atoms with E-state index in [1.54, 1.807) is 0 Å². The first-order valence-corrected chi connectivity index (χ1v) is 6.73. The second-order valence-corrected chi connectivity index (χ2v) is 5.45. The van der Waals surface area contributed by atoms with E-state index in [9.17, 15) is 13.9 Å². The zero-order chi connectivity index (χ0) is 14.2. The van der Waals surface area contributed by atoms with Crippen LogP contribution in [0.25, 0.3) is 0 Å². The highest BCUT2D eigenvalue weighted by atomic mass is 79.9. The van der Waals surface area contributed by atoms with Gasteiger partial charge in [-0.1, -0.05) is 41.4 Å². The SMILES string of the molecule is OC(c1cccc(Cl)c1F)c1ccc(Br)c(Cl)c1F. The zero-order valence-electron chi connectivity index (χ0n) is 9.30. The molecule has 0 aliphatic rings. The lowest BCUT2D eigenvalue weighted by molar-refractivity contribution is 0.210. The maximum absolute atomic E-state index is 14.0. The van der Waals surface area contributed by atoms with Crippen molar-refractivity contribution >= 4 is 39.1 Å². The van der Waals surface area contributed by atoms with Gasteiger partial charge in [0, 0.05) is 15.6 Å². The Morgan fingerprint density at radius 1 is 1.00 bits per heavy atom. The van der Waals surface area contributed by atoms with Crippen LogP contribution >= 0.6 is 39.1 Å². The molecular formula is C13H7BrCl2F2O. The molecule has 1 unspecified atom stereocenters. The topological polar surface area (TPSA) is 20.2 Å². The fourth-order valence-corrected chi connectivity index (χ4v) is 2.31. The molecule has 0 saturated heterocycles. The van der Waals surface area contributed by atoms with Crippen LogP contribution in [0.5, 0.6) is 0 Å². The molecule has 1 N–H and O–H groups in total. The lowest BCUT2D eigenvalue weighted by Gasteiger charge is -2.15. The molecule has 0 amide bonds. The van der Waals surface area contributed by atoms with E-state index in [4.69, 9.17) is 23.2 Å². The molecule has 100 valence electrons. The van der Waals surface area contributed by atoms with Crippen LogP contribution in [0.3, 0.4) is 0 Å². The Labute approximate surface area is 126 Å². The molecule has 0 spiro atoms. The van der Waals surface area contributed by atoms with Crippen LogP contribution in [0.15, 0.2) is 34.8 Å². The van der Waals surface area contributed by atoms with Gasteiger partial charge in [0.15, 0.2) is 0 Å². The van der Waals surface area contributed by atoms with Gasteiger partial charge in [0.25, 0.3) is 0 Å². The van der Waals surface area contributed by atoms with Gasteiger partial charge in [0.2, 0.25) is 0 Å². The monoisotopic (exact) mass is 366 g/mol. The van der Waals surface area contributed by atoms with E-state index in [1.165, 1.54) is 30.3 Å². The number of aliphatic hydroxyl groups is 1. The highest BCUT2D eigenvalue weighted by Gasteiger charge is 2.22. The molecule has 0 aromatic heterocycles. The van der Waals surface area contributed by atoms with E-state index < -0.39 is 17.7 Å². The van der Waals surface area contributed by atoms with Crippen LogP contribution in [0, 0.1) is 11.6 Å². The summed E-state index contributed by atoms with van der Waals surface area (Å²) in [6, 6.07) is 6.96. The standard InChI is InChI=1S/C13H7BrCl2F2O/c14-8-5-4-7(12(18)10(8)16)13(19)6-2-1-3-9(15)11(6)17/h1-5,13,19H. The summed E-state index contributed by atoms with van der Waals surface area (Å²) < 4.78 is 28.1. The Bertz CT molecular complexity index is 634. The molecule has 0 bridgehead atoms. The summed E-state index contributed by atoms with van der Waals surface area (Å²) in [5.74, 6) is -1.59. The summed E-state index contributed by atoms with van der Waals surface area (Å²) in [4.78, 5) is 0. The van der Waals surface area contributed by atoms with Gasteiger partial charge in [-0.15, -0.1) is 0 Å². The maximum atomic E-state index is 14.0. The quantitative estimate of drug-likeness (QED) is 0.730. The number of aliphatic hydroxyl groups excluding tert-OH is 1. The molecule has 2 aromatic carbocycles. The summed E-state index contributed by atoms with van der Waals surface area (Å²) in [5.41, 5.74) is -0.223. The Morgan fingerprint density at radius 3 is 2.32 bits per heavy atom. The van der Waals surface area contributed by atoms with E-state index in [0.717, 1.165) is 0 Å². The predicted octanol–water partition coefficient (Wildman–Crippen LogP) is 5.12. The zero-order valence-corrected chi connectivity index (χ0v) is 12.4. The molecule has 0 aliphatic carbocycles. The van der Waals surface area contributed by atoms with Crippen molar-refractivity contribution < 1.29 is 13.9 Å². The number of hydrogen-bond donors (Lipinski definition) is 1. The minimum atomic E-state index is -1.48. The third-order valence-electron chi connectivity index (χ3n) is 2.64. The lowest BCUT2D eigenvalue weighted by atomic mass is 10.0. The van der Waals surface area contributed by atoms with E-state index >= 15 is 0 Å². The Hall–Kier alpha value is -0.680. The van der Waals surface area contributed by atoms with Crippen LogP contribution in [-0.2, 0) is 0 Å². The molecule has 1 atom stereocenters. The van der Waals surface area contributed by atoms with Gasteiger partial charge in [-0.05, 0) is 28.1 Å². The molecule has 0 saturated carbocycles. The summed E-state index contributed by atoms with van der Waals surface area (Å²) in [6.07, 6.45) is -1.48. The smallest absolute Gasteiger partial charge is 0.149 e. The third-order valence-corrected chi connectivity index (χ3v) is 4.19. The predicted molar refractivity (Wildman–Crippen MR) is 74.6 cm³/mol. The van der Waals surface area contributed by atoms with Crippen LogP contribution in [0.4, 0.5) is 8.78 Å². The summed E-state index contributed by atoms with van der Waals surface area (Å²) in [6.45, 7) is 0. The van der Waals surface area contributed by atoms with Gasteiger partial charge in [-0.2, -0.15) is 0 Å². The molecular weight excluding hydrogens is 361 g/mol. The Morgan fingerprint density at radius 2 is 1.63 bits per heavy atom.